The molecule has 4 rings (SSSR count). The molecule has 1 amide bonds. The molecule has 25 heavy (non-hydrogen) atoms. The summed E-state index contributed by atoms with van der Waals surface area (Å²) in [5.74, 6) is -0.00638. The summed E-state index contributed by atoms with van der Waals surface area (Å²) in [7, 11) is 3.76. The zero-order valence-electron chi connectivity index (χ0n) is 14.3. The lowest BCUT2D eigenvalue weighted by Gasteiger charge is -2.11. The Bertz CT molecular complexity index is 928. The van der Waals surface area contributed by atoms with E-state index >= 15 is 0 Å². The molecule has 5 heteroatoms. The Labute approximate surface area is 146 Å². The van der Waals surface area contributed by atoms with Gasteiger partial charge < -0.3 is 10.2 Å². The highest BCUT2D eigenvalue weighted by Crippen LogP contribution is 2.40. The largest absolute Gasteiger partial charge is 0.325 e. The van der Waals surface area contributed by atoms with Crippen molar-refractivity contribution in [3.8, 4) is 22.5 Å². The lowest BCUT2D eigenvalue weighted by atomic mass is 10.1. The Balaban J connectivity index is 1.61. The number of amides is 1. The Morgan fingerprint density at radius 1 is 1.20 bits per heavy atom. The zero-order chi connectivity index (χ0) is 17.4. The van der Waals surface area contributed by atoms with Crippen LogP contribution in [0.5, 0.6) is 0 Å². The number of rotatable bonds is 4. The van der Waals surface area contributed by atoms with Gasteiger partial charge in [-0.1, -0.05) is 36.4 Å². The molecule has 0 bridgehead atoms. The van der Waals surface area contributed by atoms with E-state index in [4.69, 9.17) is 0 Å². The SMILES string of the molecule is CN(C)CC(=O)Nc1ccc2c(c1)Cc1c(-c3ccccc3)n[nH]c1-2. The van der Waals surface area contributed by atoms with E-state index < -0.39 is 0 Å². The number of carbonyl (C=O) groups excluding carboxylic acids is 1. The maximum atomic E-state index is 12.0. The van der Waals surface area contributed by atoms with Crippen molar-refractivity contribution in [3.05, 3.63) is 59.7 Å². The number of likely N-dealkylation sites (N-methyl/N-ethyl adjacent to an activating group) is 1. The van der Waals surface area contributed by atoms with E-state index in [1.807, 2.05) is 43.3 Å². The summed E-state index contributed by atoms with van der Waals surface area (Å²) in [6.45, 7) is 0.373. The fraction of sp³-hybridized carbons (Fsp3) is 0.200. The molecule has 126 valence electrons. The summed E-state index contributed by atoms with van der Waals surface area (Å²) in [6, 6.07) is 16.3. The number of aromatic nitrogens is 2. The van der Waals surface area contributed by atoms with E-state index in [2.05, 4.69) is 39.8 Å². The van der Waals surface area contributed by atoms with Crippen molar-refractivity contribution in [3.63, 3.8) is 0 Å². The predicted molar refractivity (Wildman–Crippen MR) is 99.4 cm³/mol. The van der Waals surface area contributed by atoms with Crippen LogP contribution < -0.4 is 5.32 Å². The first-order chi connectivity index (χ1) is 12.1. The molecule has 1 aliphatic rings. The maximum Gasteiger partial charge on any atom is 0.238 e. The van der Waals surface area contributed by atoms with E-state index in [0.717, 1.165) is 34.6 Å². The van der Waals surface area contributed by atoms with Crippen LogP contribution in [0.4, 0.5) is 5.69 Å². The smallest absolute Gasteiger partial charge is 0.238 e. The molecule has 1 aromatic heterocycles. The number of hydrogen-bond donors (Lipinski definition) is 2. The number of hydrogen-bond acceptors (Lipinski definition) is 3. The van der Waals surface area contributed by atoms with Gasteiger partial charge in [0.05, 0.1) is 17.9 Å². The van der Waals surface area contributed by atoms with Gasteiger partial charge in [-0.2, -0.15) is 5.10 Å². The Morgan fingerprint density at radius 3 is 2.76 bits per heavy atom. The van der Waals surface area contributed by atoms with Gasteiger partial charge in [-0.15, -0.1) is 0 Å². The summed E-state index contributed by atoms with van der Waals surface area (Å²) in [6.07, 6.45) is 0.822. The molecule has 0 fully saturated rings. The van der Waals surface area contributed by atoms with Gasteiger partial charge in [0.1, 0.15) is 0 Å². The van der Waals surface area contributed by atoms with Crippen molar-refractivity contribution >= 4 is 11.6 Å². The lowest BCUT2D eigenvalue weighted by Crippen LogP contribution is -2.27. The van der Waals surface area contributed by atoms with E-state index in [9.17, 15) is 4.79 Å². The van der Waals surface area contributed by atoms with Crippen LogP contribution in [-0.2, 0) is 11.2 Å². The quantitative estimate of drug-likeness (QED) is 0.603. The molecule has 2 N–H and O–H groups in total. The molecule has 2 aromatic carbocycles. The van der Waals surface area contributed by atoms with Crippen LogP contribution in [0.25, 0.3) is 22.5 Å². The molecule has 0 spiro atoms. The van der Waals surface area contributed by atoms with Crippen molar-refractivity contribution in [2.45, 2.75) is 6.42 Å². The number of aromatic amines is 1. The van der Waals surface area contributed by atoms with Crippen molar-refractivity contribution in [1.82, 2.24) is 15.1 Å². The Morgan fingerprint density at radius 2 is 2.00 bits per heavy atom. The molecule has 0 saturated heterocycles. The highest BCUT2D eigenvalue weighted by molar-refractivity contribution is 5.93. The average Bonchev–Trinajstić information content (AvgIpc) is 3.13. The summed E-state index contributed by atoms with van der Waals surface area (Å²) >= 11 is 0. The van der Waals surface area contributed by atoms with Gasteiger partial charge in [-0.25, -0.2) is 0 Å². The third kappa shape index (κ3) is 2.94. The number of carbonyl (C=O) groups is 1. The topological polar surface area (TPSA) is 61.0 Å². The van der Waals surface area contributed by atoms with Crippen molar-refractivity contribution in [1.29, 1.82) is 0 Å². The molecule has 0 radical (unpaired) electrons. The first kappa shape index (κ1) is 15.6. The molecule has 0 aliphatic heterocycles. The number of nitrogens with zero attached hydrogens (tertiary/aromatic N) is 2. The summed E-state index contributed by atoms with van der Waals surface area (Å²) < 4.78 is 0. The summed E-state index contributed by atoms with van der Waals surface area (Å²) in [5, 5.41) is 10.7. The number of nitrogens with one attached hydrogen (secondary N) is 2. The Hall–Kier alpha value is -2.92. The van der Waals surface area contributed by atoms with E-state index in [0.29, 0.717) is 6.54 Å². The van der Waals surface area contributed by atoms with Crippen LogP contribution >= 0.6 is 0 Å². The van der Waals surface area contributed by atoms with Crippen LogP contribution in [0.1, 0.15) is 11.1 Å². The minimum absolute atomic E-state index is 0.00638. The fourth-order valence-electron chi connectivity index (χ4n) is 3.33. The number of fused-ring (bicyclic) bond motifs is 3. The third-order valence-corrected chi connectivity index (χ3v) is 4.40. The van der Waals surface area contributed by atoms with E-state index in [1.165, 1.54) is 11.1 Å². The maximum absolute atomic E-state index is 12.0. The highest BCUT2D eigenvalue weighted by atomic mass is 16.2. The minimum atomic E-state index is -0.00638. The van der Waals surface area contributed by atoms with Crippen molar-refractivity contribution < 1.29 is 4.79 Å². The Kier molecular flexibility index (Phi) is 3.86. The van der Waals surface area contributed by atoms with Gasteiger partial charge >= 0.3 is 0 Å². The van der Waals surface area contributed by atoms with Gasteiger partial charge in [0, 0.05) is 28.8 Å². The molecular weight excluding hydrogens is 312 g/mol. The molecule has 5 nitrogen and oxygen atoms in total. The molecule has 0 unspecified atom stereocenters. The van der Waals surface area contributed by atoms with Gasteiger partial charge in [0.25, 0.3) is 0 Å². The van der Waals surface area contributed by atoms with Gasteiger partial charge in [-0.3, -0.25) is 9.89 Å². The number of anilines is 1. The summed E-state index contributed by atoms with van der Waals surface area (Å²) in [4.78, 5) is 13.8. The summed E-state index contributed by atoms with van der Waals surface area (Å²) in [5.41, 5.74) is 7.64. The third-order valence-electron chi connectivity index (χ3n) is 4.40. The molecule has 1 heterocycles. The lowest BCUT2D eigenvalue weighted by molar-refractivity contribution is -0.116. The molecule has 3 aromatic rings. The highest BCUT2D eigenvalue weighted by Gasteiger charge is 2.25. The second kappa shape index (κ2) is 6.18. The van der Waals surface area contributed by atoms with E-state index in [1.54, 1.807) is 0 Å². The minimum Gasteiger partial charge on any atom is -0.325 e. The van der Waals surface area contributed by atoms with Crippen LogP contribution in [0.15, 0.2) is 48.5 Å². The number of benzene rings is 2. The number of H-pyrrole nitrogens is 1. The van der Waals surface area contributed by atoms with Crippen LogP contribution in [0.3, 0.4) is 0 Å². The first-order valence-electron chi connectivity index (χ1n) is 8.32. The van der Waals surface area contributed by atoms with Crippen molar-refractivity contribution in [2.75, 3.05) is 26.0 Å². The van der Waals surface area contributed by atoms with Gasteiger partial charge in [-0.05, 0) is 31.8 Å². The fourth-order valence-corrected chi connectivity index (χ4v) is 3.33. The first-order valence-corrected chi connectivity index (χ1v) is 8.32. The predicted octanol–water partition coefficient (Wildman–Crippen LogP) is 3.15. The normalized spacial score (nSPS) is 12.1. The van der Waals surface area contributed by atoms with Gasteiger partial charge in [0.2, 0.25) is 5.91 Å². The van der Waals surface area contributed by atoms with Crippen molar-refractivity contribution in [2.24, 2.45) is 0 Å². The van der Waals surface area contributed by atoms with Crippen LogP contribution in [0, 0.1) is 0 Å². The molecule has 0 saturated carbocycles. The monoisotopic (exact) mass is 332 g/mol. The standard InChI is InChI=1S/C20H20N4O/c1-24(2)12-18(25)21-15-8-9-16-14(10-15)11-17-19(22-23-20(16)17)13-6-4-3-5-7-13/h3-10H,11-12H2,1-2H3,(H,21,25)(H,22,23). The van der Waals surface area contributed by atoms with Gasteiger partial charge in [0.15, 0.2) is 0 Å². The van der Waals surface area contributed by atoms with Crippen LogP contribution in [0.2, 0.25) is 0 Å². The second-order valence-electron chi connectivity index (χ2n) is 6.63. The second-order valence-corrected chi connectivity index (χ2v) is 6.63. The van der Waals surface area contributed by atoms with Crippen LogP contribution in [-0.4, -0.2) is 41.6 Å². The molecular formula is C20H20N4O. The average molecular weight is 332 g/mol. The molecule has 0 atom stereocenters. The molecule has 1 aliphatic carbocycles. The van der Waals surface area contributed by atoms with E-state index in [-0.39, 0.29) is 5.91 Å². The zero-order valence-corrected chi connectivity index (χ0v) is 14.3.